The van der Waals surface area contributed by atoms with Gasteiger partial charge in [0.2, 0.25) is 0 Å². The highest BCUT2D eigenvalue weighted by Crippen LogP contribution is 2.26. The number of nitrogens with zero attached hydrogens (tertiary/aromatic N) is 1. The van der Waals surface area contributed by atoms with Gasteiger partial charge >= 0.3 is 0 Å². The number of aromatic nitrogens is 1. The Hall–Kier alpha value is -4.61. The van der Waals surface area contributed by atoms with Crippen molar-refractivity contribution in [3.8, 4) is 11.5 Å². The van der Waals surface area contributed by atoms with Gasteiger partial charge in [-0.3, -0.25) is 14.8 Å². The highest BCUT2D eigenvalue weighted by Gasteiger charge is 2.19. The van der Waals surface area contributed by atoms with Gasteiger partial charge in [0, 0.05) is 5.39 Å². The van der Waals surface area contributed by atoms with Crippen molar-refractivity contribution < 1.29 is 22.0 Å². The molecule has 0 aliphatic carbocycles. The fourth-order valence-electron chi connectivity index (χ4n) is 3.74. The number of thiocarbonyl (C=S) groups is 1. The van der Waals surface area contributed by atoms with Crippen LogP contribution >= 0.6 is 12.2 Å². The maximum Gasteiger partial charge on any atom is 0.261 e. The predicted octanol–water partition coefficient (Wildman–Crippen LogP) is 5.56. The van der Waals surface area contributed by atoms with Crippen LogP contribution in [0, 0.1) is 5.82 Å². The number of anilines is 2. The van der Waals surface area contributed by atoms with E-state index in [9.17, 15) is 17.6 Å². The van der Waals surface area contributed by atoms with Crippen LogP contribution in [0.3, 0.4) is 0 Å². The van der Waals surface area contributed by atoms with Crippen molar-refractivity contribution in [2.24, 2.45) is 0 Å². The molecule has 0 saturated heterocycles. The Balaban J connectivity index is 1.37. The zero-order chi connectivity index (χ0) is 26.7. The molecule has 3 N–H and O–H groups in total. The third-order valence-electron chi connectivity index (χ3n) is 5.51. The number of fused-ring (bicyclic) bond motifs is 1. The van der Waals surface area contributed by atoms with Gasteiger partial charge in [-0.2, -0.15) is 0 Å². The molecule has 38 heavy (non-hydrogen) atoms. The minimum absolute atomic E-state index is 0.0520. The Kier molecular flexibility index (Phi) is 6.86. The fourth-order valence-corrected chi connectivity index (χ4v) is 5.02. The second-order valence-corrected chi connectivity index (χ2v) is 10.2. The molecule has 0 aliphatic heterocycles. The van der Waals surface area contributed by atoms with E-state index < -0.39 is 21.7 Å². The average molecular weight is 547 g/mol. The van der Waals surface area contributed by atoms with Gasteiger partial charge in [-0.1, -0.05) is 30.3 Å². The van der Waals surface area contributed by atoms with Crippen molar-refractivity contribution >= 4 is 55.5 Å². The van der Waals surface area contributed by atoms with Gasteiger partial charge in [0.1, 0.15) is 11.5 Å². The van der Waals surface area contributed by atoms with Gasteiger partial charge in [-0.25, -0.2) is 17.8 Å². The Morgan fingerprint density at radius 2 is 1.61 bits per heavy atom. The number of rotatable bonds is 6. The lowest BCUT2D eigenvalue weighted by molar-refractivity contribution is 0.0979. The predicted molar refractivity (Wildman–Crippen MR) is 147 cm³/mol. The van der Waals surface area contributed by atoms with E-state index in [4.69, 9.17) is 16.6 Å². The number of pyridine rings is 1. The highest BCUT2D eigenvalue weighted by molar-refractivity contribution is 7.92. The molecular formula is C27H19FN4O4S2. The van der Waals surface area contributed by atoms with Crippen LogP contribution in [0.4, 0.5) is 15.8 Å². The Morgan fingerprint density at radius 3 is 2.34 bits per heavy atom. The molecule has 0 radical (unpaired) electrons. The number of carbonyl (C=O) groups is 1. The van der Waals surface area contributed by atoms with Crippen LogP contribution in [-0.2, 0) is 10.0 Å². The van der Waals surface area contributed by atoms with Gasteiger partial charge in [-0.15, -0.1) is 0 Å². The first kappa shape index (κ1) is 25.1. The molecule has 8 nitrogen and oxygen atoms in total. The summed E-state index contributed by atoms with van der Waals surface area (Å²) < 4.78 is 46.7. The Bertz CT molecular complexity index is 1760. The molecule has 190 valence electrons. The quantitative estimate of drug-likeness (QED) is 0.239. The molecule has 2 aromatic heterocycles. The average Bonchev–Trinajstić information content (AvgIpc) is 3.44. The van der Waals surface area contributed by atoms with E-state index >= 15 is 0 Å². The van der Waals surface area contributed by atoms with E-state index in [0.29, 0.717) is 33.6 Å². The van der Waals surface area contributed by atoms with Crippen LogP contribution in [-0.4, -0.2) is 24.4 Å². The summed E-state index contributed by atoms with van der Waals surface area (Å²) in [5.41, 5.74) is 1.91. The summed E-state index contributed by atoms with van der Waals surface area (Å²) in [4.78, 5) is 17.7. The normalized spacial score (nSPS) is 11.2. The van der Waals surface area contributed by atoms with Crippen LogP contribution in [0.5, 0.6) is 0 Å². The molecule has 0 unspecified atom stereocenters. The zero-order valence-corrected chi connectivity index (χ0v) is 21.1. The Labute approximate surface area is 222 Å². The van der Waals surface area contributed by atoms with Crippen molar-refractivity contribution in [2.45, 2.75) is 4.90 Å². The van der Waals surface area contributed by atoms with Gasteiger partial charge < -0.3 is 9.73 Å². The van der Waals surface area contributed by atoms with E-state index in [1.807, 2.05) is 6.07 Å². The molecule has 11 heteroatoms. The van der Waals surface area contributed by atoms with Crippen LogP contribution in [0.15, 0.2) is 107 Å². The van der Waals surface area contributed by atoms with Gasteiger partial charge in [-0.05, 0) is 72.9 Å². The fraction of sp³-hybridized carbons (Fsp3) is 0. The van der Waals surface area contributed by atoms with E-state index in [1.54, 1.807) is 54.6 Å². The van der Waals surface area contributed by atoms with E-state index in [0.717, 1.165) is 24.3 Å². The summed E-state index contributed by atoms with van der Waals surface area (Å²) in [6, 6.07) is 23.1. The smallest absolute Gasteiger partial charge is 0.261 e. The number of benzene rings is 3. The third kappa shape index (κ3) is 5.38. The number of halogens is 1. The number of hydrogen-bond donors (Lipinski definition) is 3. The van der Waals surface area contributed by atoms with Gasteiger partial charge in [0.05, 0.1) is 33.6 Å². The standard InChI is InChI=1S/C27H19FN4O4S2/c28-17-11-13-18(14-12-17)38(34,35)32-23-9-4-3-8-22(23)30-27(37)31-26(33)20-16-24(25-10-5-15-36-25)29-21-7-2-1-6-19(20)21/h1-16,32H,(H2,30,31,33,37). The number of amides is 1. The maximum atomic E-state index is 13.3. The summed E-state index contributed by atoms with van der Waals surface area (Å²) >= 11 is 5.36. The van der Waals surface area contributed by atoms with Crippen molar-refractivity contribution in [3.63, 3.8) is 0 Å². The Morgan fingerprint density at radius 1 is 0.895 bits per heavy atom. The minimum Gasteiger partial charge on any atom is -0.463 e. The van der Waals surface area contributed by atoms with Crippen LogP contribution in [0.2, 0.25) is 0 Å². The van der Waals surface area contributed by atoms with Crippen molar-refractivity contribution in [3.05, 3.63) is 109 Å². The number of carbonyl (C=O) groups excluding carboxylic acids is 1. The lowest BCUT2D eigenvalue weighted by atomic mass is 10.1. The molecule has 0 atom stereocenters. The lowest BCUT2D eigenvalue weighted by Gasteiger charge is -2.16. The monoisotopic (exact) mass is 546 g/mol. The first-order valence-corrected chi connectivity index (χ1v) is 13.1. The number of nitrogens with one attached hydrogen (secondary N) is 3. The second-order valence-electron chi connectivity index (χ2n) is 8.06. The molecule has 0 saturated carbocycles. The van der Waals surface area contributed by atoms with Crippen LogP contribution in [0.25, 0.3) is 22.4 Å². The van der Waals surface area contributed by atoms with Crippen molar-refractivity contribution in [2.75, 3.05) is 10.0 Å². The number of para-hydroxylation sites is 3. The molecule has 5 aromatic rings. The molecule has 3 aromatic carbocycles. The summed E-state index contributed by atoms with van der Waals surface area (Å²) in [6.45, 7) is 0. The second kappa shape index (κ2) is 10.4. The number of furan rings is 1. The largest absolute Gasteiger partial charge is 0.463 e. The summed E-state index contributed by atoms with van der Waals surface area (Å²) in [5, 5.41) is 6.07. The molecule has 0 aliphatic rings. The van der Waals surface area contributed by atoms with Crippen LogP contribution in [0.1, 0.15) is 10.4 Å². The van der Waals surface area contributed by atoms with E-state index in [1.165, 1.54) is 12.3 Å². The third-order valence-corrected chi connectivity index (χ3v) is 7.09. The van der Waals surface area contributed by atoms with Crippen LogP contribution < -0.4 is 15.4 Å². The first-order valence-electron chi connectivity index (χ1n) is 11.2. The molecule has 2 heterocycles. The van der Waals surface area contributed by atoms with E-state index in [-0.39, 0.29) is 15.7 Å². The van der Waals surface area contributed by atoms with Gasteiger partial charge in [0.15, 0.2) is 10.9 Å². The lowest BCUT2D eigenvalue weighted by Crippen LogP contribution is -2.34. The minimum atomic E-state index is -4.01. The maximum absolute atomic E-state index is 13.3. The molecular weight excluding hydrogens is 527 g/mol. The van der Waals surface area contributed by atoms with E-state index in [2.05, 4.69) is 20.3 Å². The SMILES string of the molecule is O=C(NC(=S)Nc1ccccc1NS(=O)(=O)c1ccc(F)cc1)c1cc(-c2ccco2)nc2ccccc12. The van der Waals surface area contributed by atoms with Crippen molar-refractivity contribution in [1.29, 1.82) is 0 Å². The zero-order valence-electron chi connectivity index (χ0n) is 19.5. The summed E-state index contributed by atoms with van der Waals surface area (Å²) in [7, 11) is -4.01. The molecule has 0 spiro atoms. The summed E-state index contributed by atoms with van der Waals surface area (Å²) in [6.07, 6.45) is 1.52. The van der Waals surface area contributed by atoms with Crippen molar-refractivity contribution in [1.82, 2.24) is 10.3 Å². The highest BCUT2D eigenvalue weighted by atomic mass is 32.2. The number of sulfonamides is 1. The molecule has 1 amide bonds. The molecule has 0 fully saturated rings. The first-order chi connectivity index (χ1) is 18.3. The van der Waals surface area contributed by atoms with Gasteiger partial charge in [0.25, 0.3) is 15.9 Å². The number of hydrogen-bond acceptors (Lipinski definition) is 6. The molecule has 5 rings (SSSR count). The molecule has 0 bridgehead atoms. The topological polar surface area (TPSA) is 113 Å². The summed E-state index contributed by atoms with van der Waals surface area (Å²) in [5.74, 6) is -0.531.